The number of carbonyl (C=O) groups is 1. The topological polar surface area (TPSA) is 44.4 Å². The average Bonchev–Trinajstić information content (AvgIpc) is 2.38. The molecule has 18 heavy (non-hydrogen) atoms. The van der Waals surface area contributed by atoms with Gasteiger partial charge in [0.1, 0.15) is 5.82 Å². The monoisotopic (exact) mass is 251 g/mol. The van der Waals surface area contributed by atoms with E-state index < -0.39 is 5.82 Å². The minimum Gasteiger partial charge on any atom is -0.350 e. The summed E-state index contributed by atoms with van der Waals surface area (Å²) in [5.41, 5.74) is 0.101. The summed E-state index contributed by atoms with van der Waals surface area (Å²) in [6, 6.07) is 6.28. The number of amides is 1. The van der Waals surface area contributed by atoms with E-state index in [2.05, 4.69) is 15.5 Å². The highest BCUT2D eigenvalue weighted by Gasteiger charge is 2.19. The highest BCUT2D eigenvalue weighted by Crippen LogP contribution is 2.06. The number of nitrogens with zero attached hydrogens (tertiary/aromatic N) is 1. The molecule has 1 atom stereocenters. The van der Waals surface area contributed by atoms with Crippen LogP contribution >= 0.6 is 0 Å². The fourth-order valence-corrected chi connectivity index (χ4v) is 2.04. The van der Waals surface area contributed by atoms with Gasteiger partial charge in [-0.1, -0.05) is 12.1 Å². The summed E-state index contributed by atoms with van der Waals surface area (Å²) in [7, 11) is 2.03. The van der Waals surface area contributed by atoms with Crippen LogP contribution in [0.3, 0.4) is 0 Å². The first-order valence-corrected chi connectivity index (χ1v) is 6.12. The van der Waals surface area contributed by atoms with Crippen molar-refractivity contribution in [1.82, 2.24) is 15.5 Å². The van der Waals surface area contributed by atoms with Crippen molar-refractivity contribution >= 4 is 5.91 Å². The van der Waals surface area contributed by atoms with Gasteiger partial charge < -0.3 is 10.6 Å². The maximum atomic E-state index is 13.4. The Morgan fingerprint density at radius 2 is 2.33 bits per heavy atom. The zero-order chi connectivity index (χ0) is 13.0. The van der Waals surface area contributed by atoms with Crippen LogP contribution < -0.4 is 10.6 Å². The molecule has 0 aliphatic carbocycles. The van der Waals surface area contributed by atoms with E-state index in [-0.39, 0.29) is 17.5 Å². The minimum atomic E-state index is -0.481. The first-order chi connectivity index (χ1) is 8.68. The lowest BCUT2D eigenvalue weighted by molar-refractivity contribution is 0.0929. The molecule has 1 aromatic rings. The Hall–Kier alpha value is -1.46. The molecular formula is C13H18FN3O. The van der Waals surface area contributed by atoms with E-state index in [1.807, 2.05) is 7.05 Å². The Kier molecular flexibility index (Phi) is 4.28. The highest BCUT2D eigenvalue weighted by molar-refractivity contribution is 5.94. The molecule has 5 heteroatoms. The second kappa shape index (κ2) is 5.93. The SMILES string of the molecule is CN1CCNCC1CNC(=O)c1ccccc1F. The van der Waals surface area contributed by atoms with Crippen molar-refractivity contribution < 1.29 is 9.18 Å². The van der Waals surface area contributed by atoms with Crippen LogP contribution in [-0.2, 0) is 0 Å². The molecule has 0 saturated carbocycles. The molecule has 1 amide bonds. The Bertz CT molecular complexity index is 424. The van der Waals surface area contributed by atoms with Crippen molar-refractivity contribution in [3.05, 3.63) is 35.6 Å². The van der Waals surface area contributed by atoms with Gasteiger partial charge in [-0.3, -0.25) is 9.69 Å². The number of hydrogen-bond donors (Lipinski definition) is 2. The summed E-state index contributed by atoms with van der Waals surface area (Å²) < 4.78 is 13.4. The van der Waals surface area contributed by atoms with Gasteiger partial charge in [0.05, 0.1) is 5.56 Å². The van der Waals surface area contributed by atoms with Crippen molar-refractivity contribution in [2.45, 2.75) is 6.04 Å². The van der Waals surface area contributed by atoms with Crippen LogP contribution in [0.1, 0.15) is 10.4 Å². The third-order valence-electron chi connectivity index (χ3n) is 3.26. The lowest BCUT2D eigenvalue weighted by Gasteiger charge is -2.33. The molecule has 0 radical (unpaired) electrons. The average molecular weight is 251 g/mol. The van der Waals surface area contributed by atoms with Crippen molar-refractivity contribution in [3.63, 3.8) is 0 Å². The van der Waals surface area contributed by atoms with E-state index in [1.165, 1.54) is 12.1 Å². The van der Waals surface area contributed by atoms with E-state index >= 15 is 0 Å². The summed E-state index contributed by atoms with van der Waals surface area (Å²) in [6.07, 6.45) is 0. The van der Waals surface area contributed by atoms with E-state index in [0.717, 1.165) is 19.6 Å². The van der Waals surface area contributed by atoms with E-state index in [9.17, 15) is 9.18 Å². The number of carbonyl (C=O) groups excluding carboxylic acids is 1. The first kappa shape index (κ1) is 13.0. The third-order valence-corrected chi connectivity index (χ3v) is 3.26. The van der Waals surface area contributed by atoms with Crippen LogP contribution in [0.25, 0.3) is 0 Å². The maximum absolute atomic E-state index is 13.4. The fourth-order valence-electron chi connectivity index (χ4n) is 2.04. The maximum Gasteiger partial charge on any atom is 0.254 e. The normalized spacial score (nSPS) is 20.7. The van der Waals surface area contributed by atoms with Gasteiger partial charge in [0.25, 0.3) is 5.91 Å². The Morgan fingerprint density at radius 3 is 3.06 bits per heavy atom. The standard InChI is InChI=1S/C13H18FN3O/c1-17-7-6-15-8-10(17)9-16-13(18)11-4-2-3-5-12(11)14/h2-5,10,15H,6-9H2,1H3,(H,16,18). The van der Waals surface area contributed by atoms with Crippen molar-refractivity contribution in [3.8, 4) is 0 Å². The summed E-state index contributed by atoms with van der Waals surface area (Å²) >= 11 is 0. The van der Waals surface area contributed by atoms with Crippen LogP contribution in [0.2, 0.25) is 0 Å². The van der Waals surface area contributed by atoms with Crippen LogP contribution in [0.4, 0.5) is 4.39 Å². The van der Waals surface area contributed by atoms with Crippen molar-refractivity contribution in [1.29, 1.82) is 0 Å². The molecule has 0 aromatic heterocycles. The van der Waals surface area contributed by atoms with Gasteiger partial charge in [0.15, 0.2) is 0 Å². The molecule has 98 valence electrons. The largest absolute Gasteiger partial charge is 0.350 e. The zero-order valence-corrected chi connectivity index (χ0v) is 10.4. The lowest BCUT2D eigenvalue weighted by atomic mass is 10.1. The molecule has 4 nitrogen and oxygen atoms in total. The zero-order valence-electron chi connectivity index (χ0n) is 10.4. The van der Waals surface area contributed by atoms with Gasteiger partial charge in [-0.05, 0) is 19.2 Å². The van der Waals surface area contributed by atoms with Gasteiger partial charge in [0.2, 0.25) is 0 Å². The molecular weight excluding hydrogens is 233 g/mol. The third kappa shape index (κ3) is 3.05. The Morgan fingerprint density at radius 1 is 1.56 bits per heavy atom. The van der Waals surface area contributed by atoms with Crippen LogP contribution in [0, 0.1) is 5.82 Å². The van der Waals surface area contributed by atoms with Crippen molar-refractivity contribution in [2.24, 2.45) is 0 Å². The summed E-state index contributed by atoms with van der Waals surface area (Å²) in [4.78, 5) is 14.0. The molecule has 1 fully saturated rings. The molecule has 0 spiro atoms. The number of hydrogen-bond acceptors (Lipinski definition) is 3. The van der Waals surface area contributed by atoms with Gasteiger partial charge in [0, 0.05) is 32.2 Å². The highest BCUT2D eigenvalue weighted by atomic mass is 19.1. The van der Waals surface area contributed by atoms with Gasteiger partial charge in [-0.15, -0.1) is 0 Å². The number of nitrogens with one attached hydrogen (secondary N) is 2. The van der Waals surface area contributed by atoms with Gasteiger partial charge in [-0.25, -0.2) is 4.39 Å². The molecule has 2 N–H and O–H groups in total. The Balaban J connectivity index is 1.90. The van der Waals surface area contributed by atoms with Crippen molar-refractivity contribution in [2.75, 3.05) is 33.2 Å². The first-order valence-electron chi connectivity index (χ1n) is 6.12. The summed E-state index contributed by atoms with van der Waals surface area (Å²) in [5, 5.41) is 6.05. The van der Waals surface area contributed by atoms with Crippen LogP contribution in [0.15, 0.2) is 24.3 Å². The number of benzene rings is 1. The number of halogens is 1. The quantitative estimate of drug-likeness (QED) is 0.820. The second-order valence-corrected chi connectivity index (χ2v) is 4.53. The Labute approximate surface area is 106 Å². The predicted octanol–water partition coefficient (Wildman–Crippen LogP) is 0.459. The number of rotatable bonds is 3. The molecule has 0 bridgehead atoms. The van der Waals surface area contributed by atoms with E-state index in [0.29, 0.717) is 6.54 Å². The molecule has 1 aliphatic heterocycles. The number of piperazine rings is 1. The smallest absolute Gasteiger partial charge is 0.254 e. The molecule has 1 aliphatic rings. The predicted molar refractivity (Wildman–Crippen MR) is 68.0 cm³/mol. The molecule has 1 unspecified atom stereocenters. The van der Waals surface area contributed by atoms with Gasteiger partial charge in [-0.2, -0.15) is 0 Å². The van der Waals surface area contributed by atoms with Crippen LogP contribution in [0.5, 0.6) is 0 Å². The molecule has 1 saturated heterocycles. The second-order valence-electron chi connectivity index (χ2n) is 4.53. The number of likely N-dealkylation sites (N-methyl/N-ethyl adjacent to an activating group) is 1. The van der Waals surface area contributed by atoms with Gasteiger partial charge >= 0.3 is 0 Å². The van der Waals surface area contributed by atoms with E-state index in [4.69, 9.17) is 0 Å². The lowest BCUT2D eigenvalue weighted by Crippen LogP contribution is -2.54. The minimum absolute atomic E-state index is 0.101. The fraction of sp³-hybridized carbons (Fsp3) is 0.462. The van der Waals surface area contributed by atoms with Crippen LogP contribution in [-0.4, -0.2) is 50.1 Å². The summed E-state index contributed by atoms with van der Waals surface area (Å²) in [5.74, 6) is -0.836. The molecule has 1 aromatic carbocycles. The molecule has 2 rings (SSSR count). The van der Waals surface area contributed by atoms with E-state index in [1.54, 1.807) is 12.1 Å². The summed E-state index contributed by atoms with van der Waals surface area (Å²) in [6.45, 7) is 3.29. The molecule has 1 heterocycles.